The Balaban J connectivity index is 1.56. The molecule has 0 saturated carbocycles. The highest BCUT2D eigenvalue weighted by molar-refractivity contribution is 7.14. The molecule has 0 saturated heterocycles. The van der Waals surface area contributed by atoms with Gasteiger partial charge in [-0.3, -0.25) is 9.59 Å². The SMILES string of the molecule is C[B]n1ccc(C(=O)NCC(=O)Nc2nc(-c3cccc(N(C)C)c3)cs2)c1. The molecule has 3 aromatic rings. The van der Waals surface area contributed by atoms with Crippen LogP contribution < -0.4 is 15.5 Å². The van der Waals surface area contributed by atoms with Gasteiger partial charge in [-0.1, -0.05) is 19.0 Å². The van der Waals surface area contributed by atoms with Gasteiger partial charge >= 0.3 is 0 Å². The van der Waals surface area contributed by atoms with E-state index in [4.69, 9.17) is 0 Å². The molecule has 0 aliphatic rings. The van der Waals surface area contributed by atoms with E-state index in [0.717, 1.165) is 16.9 Å². The maximum absolute atomic E-state index is 12.1. The molecular weight excluding hydrogens is 373 g/mol. The second-order valence-corrected chi connectivity index (χ2v) is 7.18. The van der Waals surface area contributed by atoms with Crippen molar-refractivity contribution in [2.45, 2.75) is 6.82 Å². The Morgan fingerprint density at radius 2 is 2.11 bits per heavy atom. The summed E-state index contributed by atoms with van der Waals surface area (Å²) in [6, 6.07) is 9.71. The van der Waals surface area contributed by atoms with E-state index in [9.17, 15) is 9.59 Å². The number of nitrogens with zero attached hydrogens (tertiary/aromatic N) is 3. The van der Waals surface area contributed by atoms with Crippen LogP contribution in [0.15, 0.2) is 48.1 Å². The van der Waals surface area contributed by atoms with Gasteiger partial charge in [0.2, 0.25) is 13.3 Å². The topological polar surface area (TPSA) is 79.3 Å². The highest BCUT2D eigenvalue weighted by Crippen LogP contribution is 2.27. The average molecular weight is 394 g/mol. The van der Waals surface area contributed by atoms with Gasteiger partial charge in [-0.25, -0.2) is 4.98 Å². The van der Waals surface area contributed by atoms with E-state index in [1.807, 2.05) is 62.9 Å². The summed E-state index contributed by atoms with van der Waals surface area (Å²) in [4.78, 5) is 30.7. The monoisotopic (exact) mass is 394 g/mol. The minimum atomic E-state index is -0.322. The van der Waals surface area contributed by atoms with Crippen LogP contribution >= 0.6 is 11.3 Å². The van der Waals surface area contributed by atoms with Crippen LogP contribution in [0, 0.1) is 0 Å². The lowest BCUT2D eigenvalue weighted by Crippen LogP contribution is -2.32. The lowest BCUT2D eigenvalue weighted by molar-refractivity contribution is -0.115. The van der Waals surface area contributed by atoms with Gasteiger partial charge in [0.15, 0.2) is 5.13 Å². The van der Waals surface area contributed by atoms with Crippen LogP contribution in [0.25, 0.3) is 11.3 Å². The van der Waals surface area contributed by atoms with E-state index >= 15 is 0 Å². The molecule has 0 fully saturated rings. The summed E-state index contributed by atoms with van der Waals surface area (Å²) in [7, 11) is 5.79. The summed E-state index contributed by atoms with van der Waals surface area (Å²) in [6.45, 7) is 1.75. The first-order valence-corrected chi connectivity index (χ1v) is 9.62. The van der Waals surface area contributed by atoms with Crippen molar-refractivity contribution in [1.29, 1.82) is 0 Å². The van der Waals surface area contributed by atoms with Crippen molar-refractivity contribution < 1.29 is 9.59 Å². The number of hydrogen-bond donors (Lipinski definition) is 2. The molecule has 2 amide bonds. The molecule has 0 aliphatic carbocycles. The number of rotatable bonds is 7. The fourth-order valence-electron chi connectivity index (χ4n) is 2.54. The number of benzene rings is 1. The van der Waals surface area contributed by atoms with Crippen molar-refractivity contribution in [1.82, 2.24) is 14.8 Å². The second kappa shape index (κ2) is 8.75. The highest BCUT2D eigenvalue weighted by Gasteiger charge is 2.12. The molecule has 143 valence electrons. The Morgan fingerprint density at radius 3 is 2.82 bits per heavy atom. The van der Waals surface area contributed by atoms with Crippen molar-refractivity contribution in [2.75, 3.05) is 30.9 Å². The normalized spacial score (nSPS) is 10.4. The van der Waals surface area contributed by atoms with E-state index in [2.05, 4.69) is 15.6 Å². The predicted molar refractivity (Wildman–Crippen MR) is 114 cm³/mol. The molecule has 9 heteroatoms. The van der Waals surface area contributed by atoms with Gasteiger partial charge in [-0.2, -0.15) is 0 Å². The highest BCUT2D eigenvalue weighted by atomic mass is 32.1. The fraction of sp³-hybridized carbons (Fsp3) is 0.211. The number of amides is 2. The number of nitrogens with one attached hydrogen (secondary N) is 2. The van der Waals surface area contributed by atoms with E-state index in [-0.39, 0.29) is 18.4 Å². The number of hydrogen-bond acceptors (Lipinski definition) is 5. The third-order valence-corrected chi connectivity index (χ3v) is 4.85. The smallest absolute Gasteiger partial charge is 0.253 e. The number of carbonyl (C=O) groups excluding carboxylic acids is 2. The molecule has 0 atom stereocenters. The lowest BCUT2D eigenvalue weighted by atomic mass is 10.0. The molecule has 7 nitrogen and oxygen atoms in total. The van der Waals surface area contributed by atoms with Crippen molar-refractivity contribution in [3.8, 4) is 11.3 Å². The summed E-state index contributed by atoms with van der Waals surface area (Å²) in [6.07, 6.45) is 3.47. The van der Waals surface area contributed by atoms with E-state index in [1.54, 1.807) is 22.9 Å². The molecular formula is C19H21BN5O2S. The summed E-state index contributed by atoms with van der Waals surface area (Å²) in [5.74, 6) is -0.617. The Labute approximate surface area is 168 Å². The van der Waals surface area contributed by atoms with Gasteiger partial charge in [0, 0.05) is 36.9 Å². The molecule has 0 spiro atoms. The van der Waals surface area contributed by atoms with Gasteiger partial charge in [0.25, 0.3) is 5.91 Å². The van der Waals surface area contributed by atoms with Gasteiger partial charge in [-0.15, -0.1) is 11.3 Å². The number of aromatic nitrogens is 2. The zero-order valence-electron chi connectivity index (χ0n) is 16.0. The molecule has 0 aliphatic heterocycles. The maximum atomic E-state index is 12.1. The summed E-state index contributed by atoms with van der Waals surface area (Å²) < 4.78 is 1.78. The molecule has 2 aromatic heterocycles. The first kappa shape index (κ1) is 19.7. The third-order valence-electron chi connectivity index (χ3n) is 4.09. The molecule has 0 unspecified atom stereocenters. The second-order valence-electron chi connectivity index (χ2n) is 6.32. The fourth-order valence-corrected chi connectivity index (χ4v) is 3.28. The Hall–Kier alpha value is -3.07. The van der Waals surface area contributed by atoms with E-state index in [1.165, 1.54) is 11.3 Å². The van der Waals surface area contributed by atoms with Gasteiger partial charge in [0.1, 0.15) is 0 Å². The van der Waals surface area contributed by atoms with Gasteiger partial charge < -0.3 is 20.0 Å². The molecule has 28 heavy (non-hydrogen) atoms. The Bertz CT molecular complexity index is 982. The Kier molecular flexibility index (Phi) is 6.15. The van der Waals surface area contributed by atoms with E-state index in [0.29, 0.717) is 10.7 Å². The maximum Gasteiger partial charge on any atom is 0.253 e. The van der Waals surface area contributed by atoms with Crippen molar-refractivity contribution in [3.63, 3.8) is 0 Å². The first-order chi connectivity index (χ1) is 13.5. The predicted octanol–water partition coefficient (Wildman–Crippen LogP) is 2.56. The average Bonchev–Trinajstić information content (AvgIpc) is 3.35. The summed E-state index contributed by atoms with van der Waals surface area (Å²) in [5, 5.41) is 7.72. The minimum absolute atomic E-state index is 0.120. The minimum Gasteiger partial charge on any atom is -0.402 e. The molecule has 0 bridgehead atoms. The number of thiazole rings is 1. The van der Waals surface area contributed by atoms with Crippen LogP contribution in [0.3, 0.4) is 0 Å². The molecule has 3 rings (SSSR count). The standard InChI is InChI=1S/C19H21BN5O2S/c1-20-25-8-7-14(11-25)18(27)21-10-17(26)23-19-22-16(12-28-19)13-5-4-6-15(9-13)24(2)3/h4-9,11-12H,10H2,1-3H3,(H,21,27)(H,22,23,26). The Morgan fingerprint density at radius 1 is 1.29 bits per heavy atom. The van der Waals surface area contributed by atoms with Crippen LogP contribution in [-0.4, -0.2) is 49.3 Å². The van der Waals surface area contributed by atoms with E-state index < -0.39 is 0 Å². The van der Waals surface area contributed by atoms with Crippen LogP contribution in [-0.2, 0) is 4.79 Å². The summed E-state index contributed by atoms with van der Waals surface area (Å²) in [5.41, 5.74) is 3.36. The van der Waals surface area contributed by atoms with Crippen molar-refractivity contribution >= 4 is 41.4 Å². The zero-order valence-corrected chi connectivity index (χ0v) is 16.8. The quantitative estimate of drug-likeness (QED) is 0.604. The van der Waals surface area contributed by atoms with Crippen molar-refractivity contribution in [3.05, 3.63) is 53.7 Å². The van der Waals surface area contributed by atoms with Crippen molar-refractivity contribution in [2.24, 2.45) is 0 Å². The number of anilines is 2. The lowest BCUT2D eigenvalue weighted by Gasteiger charge is -2.12. The van der Waals surface area contributed by atoms with Gasteiger partial charge in [0.05, 0.1) is 17.8 Å². The summed E-state index contributed by atoms with van der Waals surface area (Å²) >= 11 is 1.35. The molecule has 1 radical (unpaired) electrons. The zero-order chi connectivity index (χ0) is 20.1. The largest absolute Gasteiger partial charge is 0.402 e. The number of carbonyl (C=O) groups is 2. The molecule has 2 N–H and O–H groups in total. The molecule has 1 aromatic carbocycles. The van der Waals surface area contributed by atoms with Crippen LogP contribution in [0.2, 0.25) is 6.82 Å². The molecule has 2 heterocycles. The first-order valence-electron chi connectivity index (χ1n) is 8.74. The van der Waals surface area contributed by atoms with Gasteiger partial charge in [-0.05, 0) is 24.4 Å². The van der Waals surface area contributed by atoms with Crippen LogP contribution in [0.1, 0.15) is 10.4 Å². The van der Waals surface area contributed by atoms with Crippen LogP contribution in [0.5, 0.6) is 0 Å². The third kappa shape index (κ3) is 4.80. The van der Waals surface area contributed by atoms with Crippen LogP contribution in [0.4, 0.5) is 10.8 Å².